The minimum atomic E-state index is -0.0188. The van der Waals surface area contributed by atoms with E-state index in [1.54, 1.807) is 17.8 Å². The van der Waals surface area contributed by atoms with Gasteiger partial charge < -0.3 is 5.11 Å². The maximum atomic E-state index is 11.7. The minimum absolute atomic E-state index is 0.0188. The first kappa shape index (κ1) is 13.4. The van der Waals surface area contributed by atoms with Gasteiger partial charge in [0, 0.05) is 13.2 Å². The molecule has 0 bridgehead atoms. The summed E-state index contributed by atoms with van der Waals surface area (Å²) in [6, 6.07) is 0. The summed E-state index contributed by atoms with van der Waals surface area (Å²) in [6.07, 6.45) is 5.40. The fourth-order valence-electron chi connectivity index (χ4n) is 1.45. The Morgan fingerprint density at radius 1 is 1.38 bits per heavy atom. The lowest BCUT2D eigenvalue weighted by Crippen LogP contribution is -2.22. The highest BCUT2D eigenvalue weighted by atomic mass is 79.9. The van der Waals surface area contributed by atoms with Crippen molar-refractivity contribution in [2.75, 3.05) is 6.61 Å². The second-order valence-electron chi connectivity index (χ2n) is 3.78. The van der Waals surface area contributed by atoms with Crippen molar-refractivity contribution in [1.29, 1.82) is 0 Å². The summed E-state index contributed by atoms with van der Waals surface area (Å²) in [7, 11) is 0. The summed E-state index contributed by atoms with van der Waals surface area (Å²) in [4.78, 5) is 15.9. The van der Waals surface area contributed by atoms with E-state index < -0.39 is 0 Å². The summed E-state index contributed by atoms with van der Waals surface area (Å²) in [5, 5.41) is 8.62. The average molecular weight is 289 g/mol. The topological polar surface area (TPSA) is 55.1 Å². The zero-order valence-electron chi connectivity index (χ0n) is 9.45. The number of aryl methyl sites for hydroxylation is 2. The van der Waals surface area contributed by atoms with Crippen LogP contribution in [0.2, 0.25) is 0 Å². The molecule has 0 atom stereocenters. The van der Waals surface area contributed by atoms with Gasteiger partial charge in [0.05, 0.1) is 12.0 Å². The van der Waals surface area contributed by atoms with Crippen molar-refractivity contribution < 1.29 is 5.11 Å². The summed E-state index contributed by atoms with van der Waals surface area (Å²) in [6.45, 7) is 2.74. The average Bonchev–Trinajstić information content (AvgIpc) is 2.28. The van der Waals surface area contributed by atoms with Crippen LogP contribution < -0.4 is 5.56 Å². The Hall–Kier alpha value is -0.680. The second-order valence-corrected chi connectivity index (χ2v) is 4.57. The minimum Gasteiger partial charge on any atom is -0.396 e. The molecule has 0 unspecified atom stereocenters. The van der Waals surface area contributed by atoms with Crippen molar-refractivity contribution in [3.8, 4) is 0 Å². The van der Waals surface area contributed by atoms with Crippen LogP contribution in [0.5, 0.6) is 0 Å². The van der Waals surface area contributed by atoms with Crippen LogP contribution in [0.25, 0.3) is 0 Å². The molecule has 16 heavy (non-hydrogen) atoms. The van der Waals surface area contributed by atoms with Gasteiger partial charge in [0.1, 0.15) is 4.47 Å². The number of rotatable bonds is 6. The van der Waals surface area contributed by atoms with Crippen LogP contribution in [-0.2, 0) is 6.54 Å². The van der Waals surface area contributed by atoms with Crippen molar-refractivity contribution in [1.82, 2.24) is 9.55 Å². The predicted molar refractivity (Wildman–Crippen MR) is 66.5 cm³/mol. The highest BCUT2D eigenvalue weighted by molar-refractivity contribution is 9.10. The first-order valence-corrected chi connectivity index (χ1v) is 6.28. The van der Waals surface area contributed by atoms with Gasteiger partial charge >= 0.3 is 0 Å². The van der Waals surface area contributed by atoms with Gasteiger partial charge in [0.25, 0.3) is 5.56 Å². The Balaban J connectivity index is 2.49. The maximum absolute atomic E-state index is 11.7. The molecule has 4 nitrogen and oxygen atoms in total. The Bertz CT molecular complexity index is 390. The molecule has 0 saturated carbocycles. The summed E-state index contributed by atoms with van der Waals surface area (Å²) in [5.41, 5.74) is 0.705. The van der Waals surface area contributed by atoms with E-state index in [-0.39, 0.29) is 12.2 Å². The van der Waals surface area contributed by atoms with Crippen molar-refractivity contribution in [2.45, 2.75) is 39.2 Å². The molecule has 0 radical (unpaired) electrons. The number of hydrogen-bond acceptors (Lipinski definition) is 3. The molecule has 0 aliphatic heterocycles. The largest absolute Gasteiger partial charge is 0.396 e. The molecule has 0 aliphatic rings. The number of aliphatic hydroxyl groups is 1. The standard InChI is InChI=1S/C11H17BrN2O2/c1-9-10(12)11(16)14(8-13-9)6-4-2-3-5-7-15/h8,15H,2-7H2,1H3. The summed E-state index contributed by atoms with van der Waals surface area (Å²) < 4.78 is 2.17. The number of nitrogens with zero attached hydrogens (tertiary/aromatic N) is 2. The highest BCUT2D eigenvalue weighted by Gasteiger charge is 2.04. The van der Waals surface area contributed by atoms with E-state index >= 15 is 0 Å². The van der Waals surface area contributed by atoms with E-state index in [2.05, 4.69) is 20.9 Å². The normalized spacial score (nSPS) is 10.7. The molecule has 5 heteroatoms. The third-order valence-electron chi connectivity index (χ3n) is 2.46. The van der Waals surface area contributed by atoms with Crippen LogP contribution in [-0.4, -0.2) is 21.3 Å². The fourth-order valence-corrected chi connectivity index (χ4v) is 1.78. The summed E-state index contributed by atoms with van der Waals surface area (Å²) >= 11 is 3.23. The van der Waals surface area contributed by atoms with Crippen LogP contribution in [0.4, 0.5) is 0 Å². The molecule has 0 amide bonds. The van der Waals surface area contributed by atoms with Crippen molar-refractivity contribution in [3.05, 3.63) is 26.8 Å². The zero-order chi connectivity index (χ0) is 12.0. The lowest BCUT2D eigenvalue weighted by Gasteiger charge is -2.06. The molecule has 0 spiro atoms. The first-order chi connectivity index (χ1) is 7.66. The number of aliphatic hydroxyl groups excluding tert-OH is 1. The molecule has 0 saturated heterocycles. The number of aromatic nitrogens is 2. The Morgan fingerprint density at radius 3 is 2.75 bits per heavy atom. The molecular weight excluding hydrogens is 272 g/mol. The van der Waals surface area contributed by atoms with Crippen LogP contribution in [0.3, 0.4) is 0 Å². The van der Waals surface area contributed by atoms with Crippen LogP contribution >= 0.6 is 15.9 Å². The molecule has 1 rings (SSSR count). The SMILES string of the molecule is Cc1ncn(CCCCCCO)c(=O)c1Br. The molecule has 1 aromatic heterocycles. The van der Waals surface area contributed by atoms with Gasteiger partial charge in [-0.3, -0.25) is 9.36 Å². The molecule has 1 aromatic rings. The van der Waals surface area contributed by atoms with Gasteiger partial charge in [-0.1, -0.05) is 12.8 Å². The number of hydrogen-bond donors (Lipinski definition) is 1. The third kappa shape index (κ3) is 3.72. The monoisotopic (exact) mass is 288 g/mol. The smallest absolute Gasteiger partial charge is 0.267 e. The predicted octanol–water partition coefficient (Wildman–Crippen LogP) is 1.87. The summed E-state index contributed by atoms with van der Waals surface area (Å²) in [5.74, 6) is 0. The van der Waals surface area contributed by atoms with E-state index in [1.807, 2.05) is 0 Å². The van der Waals surface area contributed by atoms with E-state index in [1.165, 1.54) is 0 Å². The highest BCUT2D eigenvalue weighted by Crippen LogP contribution is 2.07. The van der Waals surface area contributed by atoms with Crippen LogP contribution in [0.15, 0.2) is 15.6 Å². The molecule has 90 valence electrons. The van der Waals surface area contributed by atoms with E-state index in [9.17, 15) is 4.79 Å². The Kier molecular flexibility index (Phi) is 5.69. The zero-order valence-corrected chi connectivity index (χ0v) is 11.0. The lowest BCUT2D eigenvalue weighted by atomic mass is 10.2. The van der Waals surface area contributed by atoms with Crippen LogP contribution in [0.1, 0.15) is 31.4 Å². The van der Waals surface area contributed by atoms with Crippen LogP contribution in [0, 0.1) is 6.92 Å². The molecule has 0 fully saturated rings. The quantitative estimate of drug-likeness (QED) is 0.813. The van der Waals surface area contributed by atoms with Gasteiger partial charge in [-0.15, -0.1) is 0 Å². The fraction of sp³-hybridized carbons (Fsp3) is 0.636. The molecular formula is C11H17BrN2O2. The molecule has 1 N–H and O–H groups in total. The van der Waals surface area contributed by atoms with Crippen molar-refractivity contribution in [3.63, 3.8) is 0 Å². The van der Waals surface area contributed by atoms with Gasteiger partial charge in [-0.25, -0.2) is 4.98 Å². The second kappa shape index (κ2) is 6.81. The van der Waals surface area contributed by atoms with E-state index in [0.717, 1.165) is 31.4 Å². The number of unbranched alkanes of at least 4 members (excludes halogenated alkanes) is 3. The molecule has 1 heterocycles. The first-order valence-electron chi connectivity index (χ1n) is 5.49. The third-order valence-corrected chi connectivity index (χ3v) is 3.38. The van der Waals surface area contributed by atoms with E-state index in [4.69, 9.17) is 5.11 Å². The number of halogens is 1. The molecule has 0 aromatic carbocycles. The van der Waals surface area contributed by atoms with Gasteiger partial charge in [-0.05, 0) is 35.7 Å². The van der Waals surface area contributed by atoms with E-state index in [0.29, 0.717) is 11.0 Å². The Morgan fingerprint density at radius 2 is 2.06 bits per heavy atom. The van der Waals surface area contributed by atoms with Gasteiger partial charge in [0.2, 0.25) is 0 Å². The molecule has 0 aliphatic carbocycles. The Labute approximate surface area is 103 Å². The van der Waals surface area contributed by atoms with Crippen molar-refractivity contribution in [2.24, 2.45) is 0 Å². The van der Waals surface area contributed by atoms with Gasteiger partial charge in [-0.2, -0.15) is 0 Å². The van der Waals surface area contributed by atoms with Gasteiger partial charge in [0.15, 0.2) is 0 Å². The maximum Gasteiger partial charge on any atom is 0.267 e. The lowest BCUT2D eigenvalue weighted by molar-refractivity contribution is 0.282. The van der Waals surface area contributed by atoms with Crippen molar-refractivity contribution >= 4 is 15.9 Å².